The van der Waals surface area contributed by atoms with E-state index in [-0.39, 0.29) is 5.82 Å². The van der Waals surface area contributed by atoms with Crippen LogP contribution in [0.2, 0.25) is 0 Å². The zero-order valence-electron chi connectivity index (χ0n) is 18.9. The lowest BCUT2D eigenvalue weighted by Crippen LogP contribution is -2.03. The Hall–Kier alpha value is -1.89. The third-order valence-corrected chi connectivity index (χ3v) is 6.14. The molecule has 0 aliphatic carbocycles. The van der Waals surface area contributed by atoms with Crippen LogP contribution in [0.25, 0.3) is 11.1 Å². The van der Waals surface area contributed by atoms with Crippen LogP contribution in [0, 0.1) is 24.6 Å². The van der Waals surface area contributed by atoms with E-state index in [1.54, 1.807) is 6.07 Å². The van der Waals surface area contributed by atoms with E-state index < -0.39 is 0 Å². The predicted molar refractivity (Wildman–Crippen MR) is 126 cm³/mol. The molecule has 0 radical (unpaired) electrons. The van der Waals surface area contributed by atoms with Crippen LogP contribution in [0.15, 0.2) is 54.6 Å². The monoisotopic (exact) mass is 394 g/mol. The van der Waals surface area contributed by atoms with Gasteiger partial charge in [0.05, 0.1) is 0 Å². The second kappa shape index (κ2) is 12.6. The summed E-state index contributed by atoms with van der Waals surface area (Å²) in [5.74, 6) is 1.49. The van der Waals surface area contributed by atoms with Crippen molar-refractivity contribution in [3.8, 4) is 11.1 Å². The molecule has 0 saturated carbocycles. The number of unbranched alkanes of at least 4 members (excludes halogenated alkanes) is 1. The summed E-state index contributed by atoms with van der Waals surface area (Å²) in [7, 11) is 0. The van der Waals surface area contributed by atoms with Crippen LogP contribution in [0.1, 0.15) is 76.8 Å². The lowest BCUT2D eigenvalue weighted by Gasteiger charge is -2.17. The topological polar surface area (TPSA) is 0 Å². The van der Waals surface area contributed by atoms with E-state index in [9.17, 15) is 4.39 Å². The SMILES string of the molecule is CCCCC(C/C=C\Cc1ccc(-c2ccc(C)cc2)cc1F)CCC(C)CC. The van der Waals surface area contributed by atoms with E-state index in [0.717, 1.165) is 34.9 Å². The van der Waals surface area contributed by atoms with Gasteiger partial charge >= 0.3 is 0 Å². The zero-order valence-corrected chi connectivity index (χ0v) is 18.9. The highest BCUT2D eigenvalue weighted by Crippen LogP contribution is 2.25. The second-order valence-electron chi connectivity index (χ2n) is 8.68. The standard InChI is InChI=1S/C28H39F/c1-5-7-10-24(16-13-22(3)6-2)11-8-9-12-26-19-20-27(21-28(26)29)25-17-14-23(4)15-18-25/h8-9,14-15,17-22,24H,5-7,10-13,16H2,1-4H3/b9-8-. The lowest BCUT2D eigenvalue weighted by molar-refractivity contribution is 0.378. The summed E-state index contributed by atoms with van der Waals surface area (Å²) in [6.45, 7) is 8.97. The van der Waals surface area contributed by atoms with Crippen LogP contribution < -0.4 is 0 Å². The van der Waals surface area contributed by atoms with Gasteiger partial charge in [0.25, 0.3) is 0 Å². The lowest BCUT2D eigenvalue weighted by atomic mass is 9.89. The molecule has 0 bridgehead atoms. The van der Waals surface area contributed by atoms with E-state index >= 15 is 0 Å². The Kier molecular flexibility index (Phi) is 10.2. The van der Waals surface area contributed by atoms with Crippen LogP contribution in [0.3, 0.4) is 0 Å². The van der Waals surface area contributed by atoms with Gasteiger partial charge < -0.3 is 0 Å². The van der Waals surface area contributed by atoms with Crippen molar-refractivity contribution >= 4 is 0 Å². The summed E-state index contributed by atoms with van der Waals surface area (Å²) >= 11 is 0. The number of benzene rings is 2. The van der Waals surface area contributed by atoms with Crippen molar-refractivity contribution in [3.63, 3.8) is 0 Å². The molecule has 0 N–H and O–H groups in total. The molecule has 0 fully saturated rings. The van der Waals surface area contributed by atoms with Crippen molar-refractivity contribution in [2.75, 3.05) is 0 Å². The first-order chi connectivity index (χ1) is 14.0. The average molecular weight is 395 g/mol. The van der Waals surface area contributed by atoms with Crippen molar-refractivity contribution in [3.05, 3.63) is 71.6 Å². The first-order valence-corrected chi connectivity index (χ1v) is 11.5. The molecule has 1 heteroatoms. The van der Waals surface area contributed by atoms with Crippen LogP contribution in [-0.2, 0) is 6.42 Å². The van der Waals surface area contributed by atoms with Gasteiger partial charge in [-0.1, -0.05) is 107 Å². The van der Waals surface area contributed by atoms with Gasteiger partial charge in [-0.05, 0) is 60.8 Å². The summed E-state index contributed by atoms with van der Waals surface area (Å²) in [6, 6.07) is 13.9. The molecule has 2 rings (SSSR count). The highest BCUT2D eigenvalue weighted by Gasteiger charge is 2.09. The van der Waals surface area contributed by atoms with E-state index in [1.165, 1.54) is 44.1 Å². The smallest absolute Gasteiger partial charge is 0.127 e. The van der Waals surface area contributed by atoms with E-state index in [4.69, 9.17) is 0 Å². The molecule has 158 valence electrons. The molecule has 2 unspecified atom stereocenters. The molecule has 0 saturated heterocycles. The zero-order chi connectivity index (χ0) is 21.1. The number of hydrogen-bond donors (Lipinski definition) is 0. The maximum absolute atomic E-state index is 14.6. The van der Waals surface area contributed by atoms with Crippen molar-refractivity contribution in [2.45, 2.75) is 79.1 Å². The molecule has 0 nitrogen and oxygen atoms in total. The van der Waals surface area contributed by atoms with Gasteiger partial charge in [0.2, 0.25) is 0 Å². The number of halogens is 1. The molecule has 2 atom stereocenters. The van der Waals surface area contributed by atoms with Crippen LogP contribution in [0.4, 0.5) is 4.39 Å². The van der Waals surface area contributed by atoms with E-state index in [2.05, 4.69) is 64.1 Å². The Morgan fingerprint density at radius 2 is 1.62 bits per heavy atom. The molecular formula is C28H39F. The molecule has 0 amide bonds. The first-order valence-electron chi connectivity index (χ1n) is 11.5. The Labute approximate surface area is 178 Å². The van der Waals surface area contributed by atoms with Crippen molar-refractivity contribution in [1.82, 2.24) is 0 Å². The van der Waals surface area contributed by atoms with Gasteiger partial charge in [-0.2, -0.15) is 0 Å². The fraction of sp³-hybridized carbons (Fsp3) is 0.500. The second-order valence-corrected chi connectivity index (χ2v) is 8.68. The summed E-state index contributed by atoms with van der Waals surface area (Å²) in [5.41, 5.74) is 4.01. The van der Waals surface area contributed by atoms with E-state index in [0.29, 0.717) is 6.42 Å². The molecular weight excluding hydrogens is 355 g/mol. The summed E-state index contributed by atoms with van der Waals surface area (Å²) in [5, 5.41) is 0. The van der Waals surface area contributed by atoms with Crippen molar-refractivity contribution in [1.29, 1.82) is 0 Å². The van der Waals surface area contributed by atoms with Gasteiger partial charge in [0.1, 0.15) is 5.82 Å². The van der Waals surface area contributed by atoms with Gasteiger partial charge in [0, 0.05) is 0 Å². The number of allylic oxidation sites excluding steroid dienone is 2. The average Bonchev–Trinajstić information content (AvgIpc) is 2.73. The minimum atomic E-state index is -0.105. The maximum Gasteiger partial charge on any atom is 0.127 e. The molecule has 0 spiro atoms. The van der Waals surface area contributed by atoms with Crippen LogP contribution in [0.5, 0.6) is 0 Å². The number of rotatable bonds is 12. The minimum Gasteiger partial charge on any atom is -0.207 e. The number of aryl methyl sites for hydroxylation is 1. The number of hydrogen-bond acceptors (Lipinski definition) is 0. The van der Waals surface area contributed by atoms with E-state index in [1.807, 2.05) is 12.1 Å². The fourth-order valence-corrected chi connectivity index (χ4v) is 3.73. The van der Waals surface area contributed by atoms with Crippen molar-refractivity contribution in [2.24, 2.45) is 11.8 Å². The largest absolute Gasteiger partial charge is 0.207 e. The fourth-order valence-electron chi connectivity index (χ4n) is 3.73. The predicted octanol–water partition coefficient (Wildman–Crippen LogP) is 8.92. The van der Waals surface area contributed by atoms with Crippen LogP contribution >= 0.6 is 0 Å². The molecule has 2 aromatic rings. The summed E-state index contributed by atoms with van der Waals surface area (Å²) in [6.07, 6.45) is 14.1. The Balaban J connectivity index is 1.91. The highest BCUT2D eigenvalue weighted by molar-refractivity contribution is 5.64. The van der Waals surface area contributed by atoms with Gasteiger partial charge in [-0.15, -0.1) is 0 Å². The maximum atomic E-state index is 14.6. The van der Waals surface area contributed by atoms with Crippen LogP contribution in [-0.4, -0.2) is 0 Å². The van der Waals surface area contributed by atoms with Gasteiger partial charge in [-0.25, -0.2) is 4.39 Å². The quantitative estimate of drug-likeness (QED) is 0.315. The third-order valence-electron chi connectivity index (χ3n) is 6.14. The highest BCUT2D eigenvalue weighted by atomic mass is 19.1. The first kappa shape index (κ1) is 23.4. The van der Waals surface area contributed by atoms with Gasteiger partial charge in [-0.3, -0.25) is 0 Å². The van der Waals surface area contributed by atoms with Gasteiger partial charge in [0.15, 0.2) is 0 Å². The molecule has 0 aliphatic heterocycles. The summed E-state index contributed by atoms with van der Waals surface area (Å²) in [4.78, 5) is 0. The normalized spacial score (nSPS) is 13.7. The molecule has 0 aromatic heterocycles. The molecule has 0 aliphatic rings. The van der Waals surface area contributed by atoms with Crippen molar-refractivity contribution < 1.29 is 4.39 Å². The Morgan fingerprint density at radius 1 is 0.897 bits per heavy atom. The Bertz CT molecular complexity index is 741. The summed E-state index contributed by atoms with van der Waals surface area (Å²) < 4.78 is 14.6. The molecule has 0 heterocycles. The minimum absolute atomic E-state index is 0.105. The third kappa shape index (κ3) is 8.17. The molecule has 29 heavy (non-hydrogen) atoms. The molecule has 2 aromatic carbocycles. The Morgan fingerprint density at radius 3 is 2.28 bits per heavy atom.